The second-order valence-electron chi connectivity index (χ2n) is 8.26. The van der Waals surface area contributed by atoms with Crippen molar-refractivity contribution in [2.75, 3.05) is 0 Å². The lowest BCUT2D eigenvalue weighted by Gasteiger charge is -2.11. The average Bonchev–Trinajstić information content (AvgIpc) is 3.35. The summed E-state index contributed by atoms with van der Waals surface area (Å²) in [4.78, 5) is 0. The first-order valence-electron chi connectivity index (χ1n) is 10.6. The van der Waals surface area contributed by atoms with Crippen LogP contribution in [0.2, 0.25) is 0 Å². The lowest BCUT2D eigenvalue weighted by atomic mass is 9.99. The van der Waals surface area contributed by atoms with Crippen LogP contribution >= 0.6 is 0 Å². The summed E-state index contributed by atoms with van der Waals surface area (Å²) >= 11 is 0. The molecule has 0 amide bonds. The first kappa shape index (κ1) is 16.7. The highest BCUT2D eigenvalue weighted by molar-refractivity contribution is 6.35. The Kier molecular flexibility index (Phi) is 3.23. The van der Waals surface area contributed by atoms with Gasteiger partial charge in [-0.15, -0.1) is 0 Å². The predicted molar refractivity (Wildman–Crippen MR) is 130 cm³/mol. The van der Waals surface area contributed by atoms with E-state index in [0.717, 1.165) is 16.6 Å². The smallest absolute Gasteiger partial charge is 0.144 e. The first-order valence-corrected chi connectivity index (χ1v) is 10.6. The van der Waals surface area contributed by atoms with Crippen LogP contribution in [0.3, 0.4) is 0 Å². The van der Waals surface area contributed by atoms with Crippen molar-refractivity contribution >= 4 is 54.5 Å². The summed E-state index contributed by atoms with van der Waals surface area (Å²) in [6, 6.07) is 34.5. The van der Waals surface area contributed by atoms with Gasteiger partial charge in [-0.2, -0.15) is 0 Å². The summed E-state index contributed by atoms with van der Waals surface area (Å²) in [7, 11) is 0. The quantitative estimate of drug-likeness (QED) is 0.273. The largest absolute Gasteiger partial charge is 0.455 e. The Balaban J connectivity index is 1.88. The molecule has 2 heterocycles. The van der Waals surface area contributed by atoms with E-state index in [1.807, 2.05) is 6.07 Å². The van der Waals surface area contributed by atoms with Gasteiger partial charge in [0.05, 0.1) is 11.0 Å². The van der Waals surface area contributed by atoms with Crippen LogP contribution in [0.1, 0.15) is 5.56 Å². The molecule has 5 aromatic carbocycles. The van der Waals surface area contributed by atoms with E-state index in [-0.39, 0.29) is 0 Å². The summed E-state index contributed by atoms with van der Waals surface area (Å²) in [5.74, 6) is 0. The fourth-order valence-corrected chi connectivity index (χ4v) is 5.15. The highest BCUT2D eigenvalue weighted by atomic mass is 16.3. The maximum Gasteiger partial charge on any atom is 0.144 e. The molecule has 7 rings (SSSR count). The minimum atomic E-state index is 0.933. The van der Waals surface area contributed by atoms with Gasteiger partial charge in [0.2, 0.25) is 0 Å². The second-order valence-corrected chi connectivity index (χ2v) is 8.26. The SMILES string of the molecule is Cc1cccc(-n2c3ccccc3c3c4c5ccccc5oc4c4ccccc4c32)c1. The molecule has 0 bridgehead atoms. The van der Waals surface area contributed by atoms with Crippen LogP contribution in [-0.4, -0.2) is 4.57 Å². The molecule has 0 aliphatic carbocycles. The van der Waals surface area contributed by atoms with Gasteiger partial charge in [-0.3, -0.25) is 0 Å². The normalized spacial score (nSPS) is 12.0. The van der Waals surface area contributed by atoms with E-state index in [0.29, 0.717) is 0 Å². The maximum atomic E-state index is 6.45. The molecule has 0 radical (unpaired) electrons. The Labute approximate surface area is 178 Å². The molecular formula is C29H19NO. The van der Waals surface area contributed by atoms with Crippen LogP contribution in [0.15, 0.2) is 101 Å². The molecule has 2 heteroatoms. The van der Waals surface area contributed by atoms with E-state index in [1.165, 1.54) is 49.2 Å². The van der Waals surface area contributed by atoms with Crippen molar-refractivity contribution in [1.29, 1.82) is 0 Å². The molecule has 0 aliphatic heterocycles. The topological polar surface area (TPSA) is 18.1 Å². The van der Waals surface area contributed by atoms with Crippen LogP contribution in [0, 0.1) is 6.92 Å². The molecule has 31 heavy (non-hydrogen) atoms. The third-order valence-corrected chi connectivity index (χ3v) is 6.41. The van der Waals surface area contributed by atoms with Crippen molar-refractivity contribution in [3.8, 4) is 5.69 Å². The molecular weight excluding hydrogens is 378 g/mol. The third-order valence-electron chi connectivity index (χ3n) is 6.41. The summed E-state index contributed by atoms with van der Waals surface area (Å²) in [5.41, 5.74) is 6.79. The van der Waals surface area contributed by atoms with Crippen molar-refractivity contribution in [3.63, 3.8) is 0 Å². The maximum absolute atomic E-state index is 6.45. The van der Waals surface area contributed by atoms with Crippen LogP contribution < -0.4 is 0 Å². The molecule has 7 aromatic rings. The highest BCUT2D eigenvalue weighted by Crippen LogP contribution is 2.45. The number of benzene rings is 5. The number of aryl methyl sites for hydroxylation is 1. The minimum Gasteiger partial charge on any atom is -0.455 e. The zero-order chi connectivity index (χ0) is 20.5. The van der Waals surface area contributed by atoms with Gasteiger partial charge in [0.1, 0.15) is 11.2 Å². The van der Waals surface area contributed by atoms with Crippen molar-refractivity contribution in [3.05, 3.63) is 103 Å². The molecule has 0 fully saturated rings. The third kappa shape index (κ3) is 2.17. The van der Waals surface area contributed by atoms with Crippen molar-refractivity contribution in [2.45, 2.75) is 6.92 Å². The van der Waals surface area contributed by atoms with Crippen LogP contribution in [0.4, 0.5) is 0 Å². The Morgan fingerprint density at radius 1 is 0.613 bits per heavy atom. The number of para-hydroxylation sites is 2. The summed E-state index contributed by atoms with van der Waals surface area (Å²) < 4.78 is 8.87. The Hall–Kier alpha value is -4.04. The molecule has 0 N–H and O–H groups in total. The van der Waals surface area contributed by atoms with Crippen molar-refractivity contribution in [2.24, 2.45) is 0 Å². The van der Waals surface area contributed by atoms with Gasteiger partial charge < -0.3 is 8.98 Å². The van der Waals surface area contributed by atoms with E-state index in [9.17, 15) is 0 Å². The number of hydrogen-bond acceptors (Lipinski definition) is 1. The molecule has 0 unspecified atom stereocenters. The fourth-order valence-electron chi connectivity index (χ4n) is 5.15. The molecule has 2 aromatic heterocycles. The van der Waals surface area contributed by atoms with Gasteiger partial charge in [0.15, 0.2) is 0 Å². The molecule has 0 saturated carbocycles. The summed E-state index contributed by atoms with van der Waals surface area (Å²) in [6.07, 6.45) is 0. The Bertz CT molecular complexity index is 1800. The van der Waals surface area contributed by atoms with E-state index >= 15 is 0 Å². The molecule has 0 atom stereocenters. The standard InChI is InChI=1S/C29H19NO/c1-18-9-8-10-19(17-18)30-24-15-6-4-13-22(24)26-27-23-14-5-7-16-25(23)31-29(27)21-12-3-2-11-20(21)28(26)30/h2-17H,1H3. The van der Waals surface area contributed by atoms with Gasteiger partial charge >= 0.3 is 0 Å². The molecule has 0 saturated heterocycles. The number of rotatable bonds is 1. The lowest BCUT2D eigenvalue weighted by molar-refractivity contribution is 0.673. The number of hydrogen-bond donors (Lipinski definition) is 0. The van der Waals surface area contributed by atoms with Gasteiger partial charge in [-0.1, -0.05) is 72.8 Å². The van der Waals surface area contributed by atoms with E-state index < -0.39 is 0 Å². The van der Waals surface area contributed by atoms with Gasteiger partial charge in [0.25, 0.3) is 0 Å². The number of nitrogens with zero attached hydrogens (tertiary/aromatic N) is 1. The molecule has 2 nitrogen and oxygen atoms in total. The predicted octanol–water partition coefficient (Wildman–Crippen LogP) is 8.14. The minimum absolute atomic E-state index is 0.933. The lowest BCUT2D eigenvalue weighted by Crippen LogP contribution is -1.95. The van der Waals surface area contributed by atoms with Crippen LogP contribution in [0.5, 0.6) is 0 Å². The summed E-state index contributed by atoms with van der Waals surface area (Å²) in [6.45, 7) is 2.15. The van der Waals surface area contributed by atoms with Crippen molar-refractivity contribution in [1.82, 2.24) is 4.57 Å². The van der Waals surface area contributed by atoms with E-state index in [2.05, 4.69) is 102 Å². The average molecular weight is 397 g/mol. The van der Waals surface area contributed by atoms with E-state index in [4.69, 9.17) is 4.42 Å². The monoisotopic (exact) mass is 397 g/mol. The fraction of sp³-hybridized carbons (Fsp3) is 0.0345. The number of furan rings is 1. The van der Waals surface area contributed by atoms with Crippen LogP contribution in [0.25, 0.3) is 60.2 Å². The van der Waals surface area contributed by atoms with Gasteiger partial charge in [-0.25, -0.2) is 0 Å². The molecule has 0 spiro atoms. The zero-order valence-electron chi connectivity index (χ0n) is 17.1. The molecule has 146 valence electrons. The van der Waals surface area contributed by atoms with Crippen LogP contribution in [-0.2, 0) is 0 Å². The zero-order valence-corrected chi connectivity index (χ0v) is 17.1. The highest BCUT2D eigenvalue weighted by Gasteiger charge is 2.22. The van der Waals surface area contributed by atoms with Crippen molar-refractivity contribution < 1.29 is 4.42 Å². The van der Waals surface area contributed by atoms with E-state index in [1.54, 1.807) is 0 Å². The first-order chi connectivity index (χ1) is 15.3. The Morgan fingerprint density at radius 3 is 2.16 bits per heavy atom. The second kappa shape index (κ2) is 5.99. The van der Waals surface area contributed by atoms with Gasteiger partial charge in [-0.05, 0) is 36.8 Å². The molecule has 0 aliphatic rings. The number of aromatic nitrogens is 1. The Morgan fingerprint density at radius 2 is 1.32 bits per heavy atom. The van der Waals surface area contributed by atoms with Gasteiger partial charge in [0, 0.05) is 38.0 Å². The number of fused-ring (bicyclic) bond motifs is 10. The summed E-state index contributed by atoms with van der Waals surface area (Å²) in [5, 5.41) is 7.24.